The summed E-state index contributed by atoms with van der Waals surface area (Å²) < 4.78 is 39.5. The Hall–Kier alpha value is -1.71. The van der Waals surface area contributed by atoms with Crippen LogP contribution < -0.4 is 4.72 Å². The van der Waals surface area contributed by atoms with Crippen LogP contribution in [0.2, 0.25) is 0 Å². The molecule has 9 heteroatoms. The predicted molar refractivity (Wildman–Crippen MR) is 79.4 cm³/mol. The Morgan fingerprint density at radius 3 is 2.96 bits per heavy atom. The number of aromatic nitrogens is 2. The minimum Gasteiger partial charge on any atom is -0.468 e. The molecule has 0 amide bonds. The van der Waals surface area contributed by atoms with Gasteiger partial charge in [0.2, 0.25) is 5.89 Å². The molecule has 8 nitrogen and oxygen atoms in total. The summed E-state index contributed by atoms with van der Waals surface area (Å²) in [5.41, 5.74) is 0. The van der Waals surface area contributed by atoms with Gasteiger partial charge < -0.3 is 8.94 Å². The summed E-state index contributed by atoms with van der Waals surface area (Å²) >= 11 is 0. The maximum Gasteiger partial charge on any atom is 0.280 e. The van der Waals surface area contributed by atoms with Crippen LogP contribution >= 0.6 is 0 Å². The van der Waals surface area contributed by atoms with Gasteiger partial charge in [-0.05, 0) is 37.8 Å². The van der Waals surface area contributed by atoms with Gasteiger partial charge in [-0.3, -0.25) is 0 Å². The van der Waals surface area contributed by atoms with Crippen molar-refractivity contribution in [2.75, 3.05) is 6.54 Å². The summed E-state index contributed by atoms with van der Waals surface area (Å²) in [6.07, 6.45) is 5.26. The zero-order valence-electron chi connectivity index (χ0n) is 12.5. The van der Waals surface area contributed by atoms with E-state index in [4.69, 9.17) is 8.94 Å². The summed E-state index contributed by atoms with van der Waals surface area (Å²) in [7, 11) is -3.63. The van der Waals surface area contributed by atoms with Crippen molar-refractivity contribution in [2.24, 2.45) is 0 Å². The number of hydrogen-bond acceptors (Lipinski definition) is 6. The number of hydrogen-bond donors (Lipinski definition) is 1. The quantitative estimate of drug-likeness (QED) is 0.860. The Morgan fingerprint density at radius 2 is 2.22 bits per heavy atom. The van der Waals surface area contributed by atoms with Gasteiger partial charge in [0.25, 0.3) is 10.2 Å². The van der Waals surface area contributed by atoms with Gasteiger partial charge in [0.05, 0.1) is 18.8 Å². The van der Waals surface area contributed by atoms with E-state index in [9.17, 15) is 8.42 Å². The molecule has 2 aromatic heterocycles. The average molecular weight is 338 g/mol. The fourth-order valence-corrected chi connectivity index (χ4v) is 4.26. The second kappa shape index (κ2) is 5.73. The average Bonchev–Trinajstić information content (AvgIpc) is 3.03. The van der Waals surface area contributed by atoms with Gasteiger partial charge in [0.15, 0.2) is 5.82 Å². The van der Waals surface area contributed by atoms with E-state index in [0.29, 0.717) is 29.9 Å². The third kappa shape index (κ3) is 3.04. The molecule has 0 spiro atoms. The van der Waals surface area contributed by atoms with Crippen molar-refractivity contribution in [3.05, 3.63) is 35.9 Å². The molecular formula is C14H18N4O4S. The lowest BCUT2D eigenvalue weighted by atomic mass is 10.2. The zero-order chi connectivity index (χ0) is 15.9. The van der Waals surface area contributed by atoms with Crippen molar-refractivity contribution in [3.8, 4) is 0 Å². The highest BCUT2D eigenvalue weighted by Gasteiger charge is 2.37. The highest BCUT2D eigenvalue weighted by molar-refractivity contribution is 7.87. The Kier molecular flexibility index (Phi) is 3.70. The summed E-state index contributed by atoms with van der Waals surface area (Å²) in [6, 6.07) is 3.31. The third-order valence-electron chi connectivity index (χ3n) is 4.22. The van der Waals surface area contributed by atoms with Crippen LogP contribution in [0.25, 0.3) is 0 Å². The lowest BCUT2D eigenvalue weighted by Gasteiger charge is -2.22. The van der Waals surface area contributed by atoms with Crippen LogP contribution in [0.15, 0.2) is 27.3 Å². The number of nitrogens with one attached hydrogen (secondary N) is 1. The topological polar surface area (TPSA) is 101 Å². The molecule has 1 N–H and O–H groups in total. The van der Waals surface area contributed by atoms with Gasteiger partial charge in [0.1, 0.15) is 5.76 Å². The fraction of sp³-hybridized carbons (Fsp3) is 0.571. The molecule has 2 fully saturated rings. The van der Waals surface area contributed by atoms with E-state index in [0.717, 1.165) is 25.7 Å². The van der Waals surface area contributed by atoms with E-state index in [2.05, 4.69) is 14.9 Å². The minimum absolute atomic E-state index is 0.00340. The second-order valence-corrected chi connectivity index (χ2v) is 7.64. The van der Waals surface area contributed by atoms with Crippen molar-refractivity contribution in [3.63, 3.8) is 0 Å². The SMILES string of the molecule is O=S(=O)(NCc1nc(C2CC2)no1)N1CCC[C@@H]1c1ccco1. The molecular weight excluding hydrogens is 320 g/mol. The van der Waals surface area contributed by atoms with Gasteiger partial charge >= 0.3 is 0 Å². The summed E-state index contributed by atoms with van der Waals surface area (Å²) in [5, 5.41) is 3.88. The van der Waals surface area contributed by atoms with Crippen molar-refractivity contribution in [2.45, 2.75) is 44.2 Å². The molecule has 1 atom stereocenters. The van der Waals surface area contributed by atoms with Crippen molar-refractivity contribution in [1.82, 2.24) is 19.2 Å². The van der Waals surface area contributed by atoms with E-state index >= 15 is 0 Å². The smallest absolute Gasteiger partial charge is 0.280 e. The molecule has 1 aliphatic carbocycles. The van der Waals surface area contributed by atoms with Crippen molar-refractivity contribution < 1.29 is 17.4 Å². The molecule has 1 saturated carbocycles. The largest absolute Gasteiger partial charge is 0.468 e. The van der Waals surface area contributed by atoms with Crippen LogP contribution in [-0.4, -0.2) is 29.4 Å². The molecule has 2 aliphatic rings. The lowest BCUT2D eigenvalue weighted by Crippen LogP contribution is -2.39. The normalized spacial score (nSPS) is 22.7. The lowest BCUT2D eigenvalue weighted by molar-refractivity contribution is 0.331. The maximum absolute atomic E-state index is 12.5. The van der Waals surface area contributed by atoms with Crippen LogP contribution in [0.4, 0.5) is 0 Å². The van der Waals surface area contributed by atoms with Crippen LogP contribution in [0.1, 0.15) is 55.1 Å². The van der Waals surface area contributed by atoms with Crippen molar-refractivity contribution >= 4 is 10.2 Å². The maximum atomic E-state index is 12.5. The molecule has 1 aliphatic heterocycles. The molecule has 2 aromatic rings. The first-order valence-electron chi connectivity index (χ1n) is 7.76. The molecule has 3 heterocycles. The monoisotopic (exact) mass is 338 g/mol. The standard InChI is InChI=1S/C14H18N4O4S/c19-23(20,15-9-13-16-14(17-22-13)10-5-6-10)18-7-1-3-11(18)12-4-2-8-21-12/h2,4,8,10-11,15H,1,3,5-7,9H2/t11-/m1/s1. The van der Waals surface area contributed by atoms with E-state index < -0.39 is 10.2 Å². The minimum atomic E-state index is -3.63. The van der Waals surface area contributed by atoms with Gasteiger partial charge in [-0.25, -0.2) is 0 Å². The first-order valence-corrected chi connectivity index (χ1v) is 9.20. The van der Waals surface area contributed by atoms with Gasteiger partial charge in [-0.2, -0.15) is 22.4 Å². The molecule has 0 radical (unpaired) electrons. The Morgan fingerprint density at radius 1 is 1.35 bits per heavy atom. The van der Waals surface area contributed by atoms with Gasteiger partial charge in [-0.1, -0.05) is 5.16 Å². The van der Waals surface area contributed by atoms with Crippen LogP contribution in [0.3, 0.4) is 0 Å². The van der Waals surface area contributed by atoms with Crippen molar-refractivity contribution in [1.29, 1.82) is 0 Å². The number of nitrogens with zero attached hydrogens (tertiary/aromatic N) is 3. The van der Waals surface area contributed by atoms with E-state index in [1.54, 1.807) is 18.4 Å². The molecule has 0 unspecified atom stereocenters. The van der Waals surface area contributed by atoms with Crippen LogP contribution in [0, 0.1) is 0 Å². The highest BCUT2D eigenvalue weighted by Crippen LogP contribution is 2.38. The van der Waals surface area contributed by atoms with Gasteiger partial charge in [0, 0.05) is 12.5 Å². The van der Waals surface area contributed by atoms with E-state index in [-0.39, 0.29) is 12.6 Å². The summed E-state index contributed by atoms with van der Waals surface area (Å²) in [6.45, 7) is 0.473. The Balaban J connectivity index is 1.44. The molecule has 1 saturated heterocycles. The Bertz CT molecular complexity index is 767. The molecule has 23 heavy (non-hydrogen) atoms. The van der Waals surface area contributed by atoms with Crippen LogP contribution in [0.5, 0.6) is 0 Å². The van der Waals surface area contributed by atoms with Gasteiger partial charge in [-0.15, -0.1) is 0 Å². The van der Waals surface area contributed by atoms with E-state index in [1.165, 1.54) is 4.31 Å². The molecule has 0 bridgehead atoms. The predicted octanol–water partition coefficient (Wildman–Crippen LogP) is 1.71. The number of rotatable bonds is 6. The highest BCUT2D eigenvalue weighted by atomic mass is 32.2. The second-order valence-electron chi connectivity index (χ2n) is 5.93. The third-order valence-corrected chi connectivity index (χ3v) is 5.78. The molecule has 124 valence electrons. The fourth-order valence-electron chi connectivity index (χ4n) is 2.88. The zero-order valence-corrected chi connectivity index (χ0v) is 13.3. The number of furan rings is 1. The van der Waals surface area contributed by atoms with Crippen LogP contribution in [-0.2, 0) is 16.8 Å². The first-order chi connectivity index (χ1) is 11.1. The Labute approximate surface area is 134 Å². The van der Waals surface area contributed by atoms with E-state index in [1.807, 2.05) is 0 Å². The first kappa shape index (κ1) is 14.9. The molecule has 4 rings (SSSR count). The summed E-state index contributed by atoms with van der Waals surface area (Å²) in [5.74, 6) is 2.02. The summed E-state index contributed by atoms with van der Waals surface area (Å²) in [4.78, 5) is 4.23. The molecule has 0 aromatic carbocycles.